The summed E-state index contributed by atoms with van der Waals surface area (Å²) < 4.78 is 19.6. The van der Waals surface area contributed by atoms with E-state index in [0.717, 1.165) is 18.2 Å². The third-order valence-corrected chi connectivity index (χ3v) is 4.19. The molecule has 0 aromatic heterocycles. The Morgan fingerprint density at radius 3 is 2.06 bits per heavy atom. The number of amides is 1. The predicted molar refractivity (Wildman–Crippen MR) is 119 cm³/mol. The first-order valence-corrected chi connectivity index (χ1v) is 10.6. The van der Waals surface area contributed by atoms with Crippen LogP contribution in [0.4, 0.5) is 15.3 Å². The topological polar surface area (TPSA) is 158 Å². The second-order valence-corrected chi connectivity index (χ2v) is 6.67. The van der Waals surface area contributed by atoms with E-state index in [9.17, 15) is 29.8 Å². The van der Waals surface area contributed by atoms with Gasteiger partial charge >= 0.3 is 18.0 Å². The summed E-state index contributed by atoms with van der Waals surface area (Å²) in [5.41, 5.74) is -1.07. The van der Waals surface area contributed by atoms with Gasteiger partial charge in [0.05, 0.1) is 18.1 Å². The van der Waals surface area contributed by atoms with Gasteiger partial charge in [-0.05, 0) is 44.4 Å². The van der Waals surface area contributed by atoms with Crippen molar-refractivity contribution in [3.63, 3.8) is 0 Å². The van der Waals surface area contributed by atoms with Gasteiger partial charge < -0.3 is 23.8 Å². The van der Waals surface area contributed by atoms with Gasteiger partial charge in [-0.3, -0.25) is 14.9 Å². The summed E-state index contributed by atoms with van der Waals surface area (Å²) in [6, 6.07) is 3.85. The van der Waals surface area contributed by atoms with E-state index in [1.807, 2.05) is 0 Å². The van der Waals surface area contributed by atoms with Gasteiger partial charge in [0, 0.05) is 19.2 Å². The van der Waals surface area contributed by atoms with Crippen LogP contribution in [0.2, 0.25) is 0 Å². The number of hydrogen-bond acceptors (Lipinski definition) is 10. The van der Waals surface area contributed by atoms with Crippen LogP contribution in [0.5, 0.6) is 11.5 Å². The molecule has 0 saturated heterocycles. The Kier molecular flexibility index (Phi) is 11.6. The normalized spacial score (nSPS) is 10.6. The Labute approximate surface area is 196 Å². The van der Waals surface area contributed by atoms with E-state index in [0.29, 0.717) is 25.9 Å². The van der Waals surface area contributed by atoms with E-state index in [-0.39, 0.29) is 24.4 Å². The quantitative estimate of drug-likeness (QED) is 0.113. The molecule has 12 nitrogen and oxygen atoms in total. The van der Waals surface area contributed by atoms with Crippen molar-refractivity contribution >= 4 is 30.0 Å². The average molecular weight is 477 g/mol. The van der Waals surface area contributed by atoms with Crippen molar-refractivity contribution in [2.45, 2.75) is 40.5 Å². The Hall–Kier alpha value is -4.14. The number of nitriles is 1. The van der Waals surface area contributed by atoms with E-state index in [1.54, 1.807) is 33.8 Å². The Morgan fingerprint density at radius 1 is 1.03 bits per heavy atom. The standard InChI is InChI=1S/C22H27N3O9/c1-5-9-31-21(27)33-18-13-15(11-16(14-23)20(26)24(7-3)8-4)12-17(25(29)30)19(18)34-22(28)32-10-6-2/h11-13H,5-10H2,1-4H3/b16-11+. The van der Waals surface area contributed by atoms with Crippen molar-refractivity contribution in [1.82, 2.24) is 4.90 Å². The van der Waals surface area contributed by atoms with Gasteiger partial charge in [-0.2, -0.15) is 5.26 Å². The fourth-order valence-corrected chi connectivity index (χ4v) is 2.60. The molecule has 0 aliphatic heterocycles. The number of benzene rings is 1. The monoisotopic (exact) mass is 477 g/mol. The van der Waals surface area contributed by atoms with Gasteiger partial charge in [0.1, 0.15) is 11.6 Å². The Bertz CT molecular complexity index is 979. The number of ether oxygens (including phenoxy) is 4. The highest BCUT2D eigenvalue weighted by atomic mass is 16.7. The van der Waals surface area contributed by atoms with Crippen LogP contribution in [0.25, 0.3) is 6.08 Å². The minimum Gasteiger partial charge on any atom is -0.434 e. The van der Waals surface area contributed by atoms with Crippen LogP contribution in [0.15, 0.2) is 17.7 Å². The van der Waals surface area contributed by atoms with E-state index < -0.39 is 40.3 Å². The summed E-state index contributed by atoms with van der Waals surface area (Å²) in [4.78, 5) is 48.8. The first kappa shape index (κ1) is 27.9. The Balaban J connectivity index is 3.59. The largest absolute Gasteiger partial charge is 0.514 e. The molecule has 0 radical (unpaired) electrons. The van der Waals surface area contributed by atoms with Crippen LogP contribution in [0.3, 0.4) is 0 Å². The fraction of sp³-hybridized carbons (Fsp3) is 0.455. The molecule has 1 amide bonds. The van der Waals surface area contributed by atoms with Crippen molar-refractivity contribution in [2.24, 2.45) is 0 Å². The predicted octanol–water partition coefficient (Wildman–Crippen LogP) is 4.22. The Morgan fingerprint density at radius 2 is 1.59 bits per heavy atom. The number of nitro benzene ring substituents is 1. The molecule has 34 heavy (non-hydrogen) atoms. The minimum atomic E-state index is -1.24. The van der Waals surface area contributed by atoms with Gasteiger partial charge in [0.25, 0.3) is 11.7 Å². The number of carbonyl (C=O) groups is 3. The molecular formula is C22H27N3O9. The molecule has 12 heteroatoms. The third-order valence-electron chi connectivity index (χ3n) is 4.19. The zero-order valence-electron chi connectivity index (χ0n) is 19.5. The van der Waals surface area contributed by atoms with Crippen LogP contribution in [-0.2, 0) is 14.3 Å². The summed E-state index contributed by atoms with van der Waals surface area (Å²) in [7, 11) is 0. The molecule has 1 rings (SSSR count). The molecule has 0 bridgehead atoms. The maximum atomic E-state index is 12.6. The molecule has 0 spiro atoms. The highest BCUT2D eigenvalue weighted by Gasteiger charge is 2.28. The molecule has 0 fully saturated rings. The van der Waals surface area contributed by atoms with Gasteiger partial charge in [-0.15, -0.1) is 0 Å². The molecule has 0 aliphatic carbocycles. The van der Waals surface area contributed by atoms with Crippen molar-refractivity contribution in [3.05, 3.63) is 33.4 Å². The molecular weight excluding hydrogens is 450 g/mol. The fourth-order valence-electron chi connectivity index (χ4n) is 2.60. The summed E-state index contributed by atoms with van der Waals surface area (Å²) in [5, 5.41) is 21.2. The SMILES string of the molecule is CCCOC(=O)Oc1cc(/C=C(\C#N)C(=O)N(CC)CC)cc([N+](=O)[O-])c1OC(=O)OCCC. The van der Waals surface area contributed by atoms with Crippen molar-refractivity contribution in [3.8, 4) is 17.6 Å². The average Bonchev–Trinajstić information content (AvgIpc) is 2.81. The lowest BCUT2D eigenvalue weighted by atomic mass is 10.1. The number of rotatable bonds is 11. The second-order valence-electron chi connectivity index (χ2n) is 6.67. The minimum absolute atomic E-state index is 0.00117. The number of nitro groups is 1. The molecule has 0 atom stereocenters. The highest BCUT2D eigenvalue weighted by molar-refractivity contribution is 6.01. The summed E-state index contributed by atoms with van der Waals surface area (Å²) in [6.07, 6.45) is -0.357. The smallest absolute Gasteiger partial charge is 0.434 e. The van der Waals surface area contributed by atoms with E-state index in [2.05, 4.69) is 0 Å². The third kappa shape index (κ3) is 8.09. The highest BCUT2D eigenvalue weighted by Crippen LogP contribution is 2.39. The molecule has 0 unspecified atom stereocenters. The summed E-state index contributed by atoms with van der Waals surface area (Å²) in [5.74, 6) is -1.80. The van der Waals surface area contributed by atoms with Crippen molar-refractivity contribution < 1.29 is 38.3 Å². The first-order valence-electron chi connectivity index (χ1n) is 10.6. The first-order chi connectivity index (χ1) is 16.2. The van der Waals surface area contributed by atoms with Crippen molar-refractivity contribution in [1.29, 1.82) is 5.26 Å². The molecule has 1 aromatic carbocycles. The molecule has 0 saturated carbocycles. The van der Waals surface area contributed by atoms with E-state index in [4.69, 9.17) is 18.9 Å². The van der Waals surface area contributed by atoms with Crippen LogP contribution in [0, 0.1) is 21.4 Å². The zero-order valence-corrected chi connectivity index (χ0v) is 19.5. The summed E-state index contributed by atoms with van der Waals surface area (Å²) in [6.45, 7) is 7.67. The maximum Gasteiger partial charge on any atom is 0.514 e. The molecule has 0 heterocycles. The van der Waals surface area contributed by atoms with Crippen LogP contribution >= 0.6 is 0 Å². The van der Waals surface area contributed by atoms with Gasteiger partial charge in [-0.25, -0.2) is 9.59 Å². The number of likely N-dealkylation sites (N-methyl/N-ethyl adjacent to an activating group) is 1. The second kappa shape index (κ2) is 14.1. The zero-order chi connectivity index (χ0) is 25.7. The lowest BCUT2D eigenvalue weighted by Gasteiger charge is -2.17. The number of hydrogen-bond donors (Lipinski definition) is 0. The molecule has 184 valence electrons. The van der Waals surface area contributed by atoms with Gasteiger partial charge in [-0.1, -0.05) is 13.8 Å². The maximum absolute atomic E-state index is 12.6. The van der Waals surface area contributed by atoms with Crippen LogP contribution < -0.4 is 9.47 Å². The number of carbonyl (C=O) groups excluding carboxylic acids is 3. The van der Waals surface area contributed by atoms with Gasteiger partial charge in [0.15, 0.2) is 5.75 Å². The van der Waals surface area contributed by atoms with Gasteiger partial charge in [0.2, 0.25) is 0 Å². The number of nitrogens with zero attached hydrogens (tertiary/aromatic N) is 3. The van der Waals surface area contributed by atoms with Crippen LogP contribution in [-0.4, -0.2) is 54.3 Å². The summed E-state index contributed by atoms with van der Waals surface area (Å²) >= 11 is 0. The van der Waals surface area contributed by atoms with E-state index >= 15 is 0 Å². The van der Waals surface area contributed by atoms with E-state index in [1.165, 1.54) is 4.90 Å². The molecule has 1 aromatic rings. The van der Waals surface area contributed by atoms with Crippen LogP contribution in [0.1, 0.15) is 46.1 Å². The molecule has 0 aliphatic rings. The lowest BCUT2D eigenvalue weighted by Crippen LogP contribution is -2.31. The lowest BCUT2D eigenvalue weighted by molar-refractivity contribution is -0.385. The molecule has 0 N–H and O–H groups in total. The van der Waals surface area contributed by atoms with Crippen molar-refractivity contribution in [2.75, 3.05) is 26.3 Å².